The molecule has 0 amide bonds. The molecule has 0 saturated carbocycles. The van der Waals surface area contributed by atoms with Crippen molar-refractivity contribution in [1.29, 1.82) is 0 Å². The smallest absolute Gasteiger partial charge is 0.0886 e. The molecule has 0 saturated heterocycles. The van der Waals surface area contributed by atoms with Gasteiger partial charge in [0.15, 0.2) is 0 Å². The fraction of sp³-hybridized carbons (Fsp3) is 0.0312. The second-order valence-electron chi connectivity index (χ2n) is 8.73. The fourth-order valence-electron chi connectivity index (χ4n) is 5.70. The monoisotopic (exact) mass is 451 g/mol. The molecule has 8 aromatic rings. The van der Waals surface area contributed by atoms with Crippen LogP contribution in [-0.2, 0) is 0 Å². The van der Waals surface area contributed by atoms with E-state index in [1.807, 2.05) is 17.5 Å². The molecule has 160 valence electrons. The first kappa shape index (κ1) is 19.5. The van der Waals surface area contributed by atoms with Crippen LogP contribution in [0.5, 0.6) is 0 Å². The van der Waals surface area contributed by atoms with Crippen LogP contribution in [0.3, 0.4) is 0 Å². The molecular formula is C32H21NS. The molecule has 0 radical (unpaired) electrons. The molecule has 0 aliphatic heterocycles. The van der Waals surface area contributed by atoms with E-state index < -0.39 is 0 Å². The number of nitrogens with zero attached hydrogens (tertiary/aromatic N) is 1. The maximum atomic E-state index is 4.92. The third-order valence-electron chi connectivity index (χ3n) is 7.07. The van der Waals surface area contributed by atoms with E-state index in [0.29, 0.717) is 0 Å². The van der Waals surface area contributed by atoms with Crippen LogP contribution in [0.15, 0.2) is 103 Å². The van der Waals surface area contributed by atoms with Crippen LogP contribution >= 0.6 is 11.3 Å². The molecule has 1 nitrogen and oxygen atoms in total. The highest BCUT2D eigenvalue weighted by molar-refractivity contribution is 7.26. The molecule has 8 rings (SSSR count). The molecule has 2 heterocycles. The summed E-state index contributed by atoms with van der Waals surface area (Å²) in [6.45, 7) is 0. The first-order valence-corrected chi connectivity index (χ1v) is 12.0. The van der Waals surface area contributed by atoms with Gasteiger partial charge in [-0.1, -0.05) is 92.4 Å². The van der Waals surface area contributed by atoms with Crippen molar-refractivity contribution in [3.63, 3.8) is 0 Å². The molecule has 0 N–H and O–H groups in total. The van der Waals surface area contributed by atoms with Gasteiger partial charge in [0.25, 0.3) is 0 Å². The Morgan fingerprint density at radius 2 is 1.15 bits per heavy atom. The number of rotatable bonds is 1. The van der Waals surface area contributed by atoms with E-state index in [2.05, 4.69) is 97.1 Å². The number of thiophene rings is 1. The lowest BCUT2D eigenvalue weighted by atomic mass is 9.88. The number of fused-ring (bicyclic) bond motifs is 5. The molecule has 0 fully saturated rings. The molecule has 2 aromatic heterocycles. The van der Waals surface area contributed by atoms with Gasteiger partial charge in [0.2, 0.25) is 0 Å². The SMILES string of the molecule is C.c1ccc2c(c1)sc1c(-c3ccc4c5cccc6cccc(c7cccc3c74)c65)nccc12. The number of pyridine rings is 1. The first-order valence-electron chi connectivity index (χ1n) is 11.2. The summed E-state index contributed by atoms with van der Waals surface area (Å²) in [4.78, 5) is 4.92. The Kier molecular flexibility index (Phi) is 4.00. The summed E-state index contributed by atoms with van der Waals surface area (Å²) in [5.74, 6) is 0. The summed E-state index contributed by atoms with van der Waals surface area (Å²) < 4.78 is 2.57. The molecule has 0 spiro atoms. The van der Waals surface area contributed by atoms with E-state index in [0.717, 1.165) is 5.69 Å². The van der Waals surface area contributed by atoms with Crippen molar-refractivity contribution in [3.8, 4) is 11.3 Å². The highest BCUT2D eigenvalue weighted by Crippen LogP contribution is 2.45. The van der Waals surface area contributed by atoms with Crippen LogP contribution in [0.4, 0.5) is 0 Å². The van der Waals surface area contributed by atoms with E-state index in [1.54, 1.807) is 0 Å². The second kappa shape index (κ2) is 6.99. The van der Waals surface area contributed by atoms with Crippen molar-refractivity contribution < 1.29 is 0 Å². The summed E-state index contributed by atoms with van der Waals surface area (Å²) in [6.07, 6.45) is 1.96. The Balaban J connectivity index is 0.00000200. The minimum Gasteiger partial charge on any atom is -0.255 e. The van der Waals surface area contributed by atoms with Crippen LogP contribution in [0.2, 0.25) is 0 Å². The maximum Gasteiger partial charge on any atom is 0.0886 e. The minimum atomic E-state index is 0. The Morgan fingerprint density at radius 1 is 0.500 bits per heavy atom. The Hall–Kier alpha value is -4.01. The number of benzene rings is 6. The van der Waals surface area contributed by atoms with Crippen LogP contribution in [-0.4, -0.2) is 4.98 Å². The van der Waals surface area contributed by atoms with Crippen LogP contribution in [0.1, 0.15) is 7.43 Å². The lowest BCUT2D eigenvalue weighted by Gasteiger charge is -2.16. The zero-order valence-electron chi connectivity index (χ0n) is 17.7. The number of aromatic nitrogens is 1. The normalized spacial score (nSPS) is 11.9. The maximum absolute atomic E-state index is 4.92. The molecular weight excluding hydrogens is 430 g/mol. The average molecular weight is 452 g/mol. The molecule has 6 aromatic carbocycles. The average Bonchev–Trinajstić information content (AvgIpc) is 3.26. The van der Waals surface area contributed by atoms with Crippen molar-refractivity contribution in [2.75, 3.05) is 0 Å². The second-order valence-corrected chi connectivity index (χ2v) is 9.78. The summed E-state index contributed by atoms with van der Waals surface area (Å²) >= 11 is 1.84. The van der Waals surface area contributed by atoms with Crippen LogP contribution in [0.25, 0.3) is 74.5 Å². The van der Waals surface area contributed by atoms with Crippen molar-refractivity contribution >= 4 is 74.6 Å². The lowest BCUT2D eigenvalue weighted by Crippen LogP contribution is -1.90. The zero-order chi connectivity index (χ0) is 21.5. The van der Waals surface area contributed by atoms with E-state index in [4.69, 9.17) is 4.98 Å². The highest BCUT2D eigenvalue weighted by Gasteiger charge is 2.17. The van der Waals surface area contributed by atoms with Crippen molar-refractivity contribution in [1.82, 2.24) is 4.98 Å². The third-order valence-corrected chi connectivity index (χ3v) is 8.27. The number of hydrogen-bond acceptors (Lipinski definition) is 2. The summed E-state index contributed by atoms with van der Waals surface area (Å²) in [5.41, 5.74) is 2.29. The topological polar surface area (TPSA) is 12.9 Å². The minimum absolute atomic E-state index is 0. The molecule has 0 aliphatic carbocycles. The van der Waals surface area contributed by atoms with Gasteiger partial charge in [0.05, 0.1) is 10.4 Å². The van der Waals surface area contributed by atoms with Crippen molar-refractivity contribution in [3.05, 3.63) is 103 Å². The lowest BCUT2D eigenvalue weighted by molar-refractivity contribution is 1.37. The van der Waals surface area contributed by atoms with Gasteiger partial charge >= 0.3 is 0 Å². The highest BCUT2D eigenvalue weighted by atomic mass is 32.1. The van der Waals surface area contributed by atoms with Crippen molar-refractivity contribution in [2.24, 2.45) is 0 Å². The first-order chi connectivity index (χ1) is 16.4. The Morgan fingerprint density at radius 3 is 1.97 bits per heavy atom. The van der Waals surface area contributed by atoms with Gasteiger partial charge in [-0.2, -0.15) is 0 Å². The van der Waals surface area contributed by atoms with E-state index >= 15 is 0 Å². The van der Waals surface area contributed by atoms with Crippen LogP contribution < -0.4 is 0 Å². The standard InChI is InChI=1S/C31H17NS.CH4/c1-2-13-27-19(8-1)26-16-17-32-30(31(26)33-27)25-15-14-24-21-10-4-7-18-6-3-9-20(28(18)21)22-11-5-12-23(25)29(22)24;/h1-17H;1H4. The van der Waals surface area contributed by atoms with Gasteiger partial charge in [-0.25, -0.2) is 0 Å². The molecule has 2 heteroatoms. The predicted octanol–water partition coefficient (Wildman–Crippen LogP) is 9.80. The van der Waals surface area contributed by atoms with Gasteiger partial charge in [0, 0.05) is 27.2 Å². The zero-order valence-corrected chi connectivity index (χ0v) is 18.5. The third kappa shape index (κ3) is 2.41. The van der Waals surface area contributed by atoms with Gasteiger partial charge in [-0.15, -0.1) is 11.3 Å². The quantitative estimate of drug-likeness (QED) is 0.179. The summed E-state index contributed by atoms with van der Waals surface area (Å²) in [5, 5.41) is 13.1. The summed E-state index contributed by atoms with van der Waals surface area (Å²) in [6, 6.07) is 35.4. The Bertz CT molecular complexity index is 1980. The largest absolute Gasteiger partial charge is 0.255 e. The van der Waals surface area contributed by atoms with E-state index in [-0.39, 0.29) is 7.43 Å². The molecule has 0 aliphatic rings. The molecule has 34 heavy (non-hydrogen) atoms. The predicted molar refractivity (Wildman–Crippen MR) is 151 cm³/mol. The van der Waals surface area contributed by atoms with Crippen LogP contribution in [0, 0.1) is 0 Å². The number of hydrogen-bond donors (Lipinski definition) is 0. The Labute approximate surface area is 201 Å². The van der Waals surface area contributed by atoms with Crippen molar-refractivity contribution in [2.45, 2.75) is 7.43 Å². The van der Waals surface area contributed by atoms with E-state index in [1.165, 1.54) is 68.8 Å². The molecule has 0 bridgehead atoms. The van der Waals surface area contributed by atoms with Gasteiger partial charge < -0.3 is 0 Å². The van der Waals surface area contributed by atoms with Gasteiger partial charge in [-0.05, 0) is 55.2 Å². The molecule has 0 atom stereocenters. The summed E-state index contributed by atoms with van der Waals surface area (Å²) in [7, 11) is 0. The van der Waals surface area contributed by atoms with Gasteiger partial charge in [0.1, 0.15) is 0 Å². The van der Waals surface area contributed by atoms with Gasteiger partial charge in [-0.3, -0.25) is 4.98 Å². The van der Waals surface area contributed by atoms with E-state index in [9.17, 15) is 0 Å². The fourth-order valence-corrected chi connectivity index (χ4v) is 6.90. The molecule has 0 unspecified atom stereocenters.